The fourth-order valence-electron chi connectivity index (χ4n) is 2.11. The van der Waals surface area contributed by atoms with Crippen molar-refractivity contribution < 1.29 is 4.39 Å². The van der Waals surface area contributed by atoms with Gasteiger partial charge in [-0.2, -0.15) is 0 Å². The van der Waals surface area contributed by atoms with Gasteiger partial charge >= 0.3 is 0 Å². The van der Waals surface area contributed by atoms with Crippen molar-refractivity contribution in [2.24, 2.45) is 5.92 Å². The van der Waals surface area contributed by atoms with Crippen LogP contribution in [0.1, 0.15) is 39.2 Å². The van der Waals surface area contributed by atoms with E-state index in [0.717, 1.165) is 31.4 Å². The van der Waals surface area contributed by atoms with E-state index in [1.54, 1.807) is 12.1 Å². The van der Waals surface area contributed by atoms with E-state index in [4.69, 9.17) is 11.6 Å². The van der Waals surface area contributed by atoms with Crippen molar-refractivity contribution in [1.29, 1.82) is 0 Å². The zero-order valence-electron chi connectivity index (χ0n) is 11.5. The molecule has 1 N–H and O–H groups in total. The molecule has 0 aliphatic heterocycles. The van der Waals surface area contributed by atoms with Crippen molar-refractivity contribution in [3.63, 3.8) is 0 Å². The molecule has 1 unspecified atom stereocenters. The zero-order chi connectivity index (χ0) is 13.5. The van der Waals surface area contributed by atoms with Crippen LogP contribution in [-0.2, 0) is 6.42 Å². The first-order valence-corrected chi connectivity index (χ1v) is 7.08. The summed E-state index contributed by atoms with van der Waals surface area (Å²) in [6.45, 7) is 7.51. The summed E-state index contributed by atoms with van der Waals surface area (Å²) >= 11 is 5.77. The molecular weight excluding hydrogens is 249 g/mol. The molecule has 102 valence electrons. The summed E-state index contributed by atoms with van der Waals surface area (Å²) in [6.07, 6.45) is 2.88. The average molecular weight is 272 g/mol. The monoisotopic (exact) mass is 271 g/mol. The van der Waals surface area contributed by atoms with Gasteiger partial charge in [-0.3, -0.25) is 0 Å². The summed E-state index contributed by atoms with van der Waals surface area (Å²) in [6, 6.07) is 5.27. The van der Waals surface area contributed by atoms with Crippen LogP contribution in [0.2, 0.25) is 5.02 Å². The predicted molar refractivity (Wildman–Crippen MR) is 76.7 cm³/mol. The Morgan fingerprint density at radius 1 is 1.33 bits per heavy atom. The van der Waals surface area contributed by atoms with Crippen LogP contribution >= 0.6 is 11.6 Å². The fraction of sp³-hybridized carbons (Fsp3) is 0.600. The quantitative estimate of drug-likeness (QED) is 0.773. The molecule has 0 aliphatic rings. The van der Waals surface area contributed by atoms with Crippen LogP contribution in [-0.4, -0.2) is 12.6 Å². The molecule has 1 aromatic carbocycles. The van der Waals surface area contributed by atoms with Crippen molar-refractivity contribution in [2.75, 3.05) is 6.54 Å². The Morgan fingerprint density at radius 3 is 2.61 bits per heavy atom. The highest BCUT2D eigenvalue weighted by Crippen LogP contribution is 2.18. The highest BCUT2D eigenvalue weighted by atomic mass is 35.5. The summed E-state index contributed by atoms with van der Waals surface area (Å²) in [5, 5.41) is 3.95. The lowest BCUT2D eigenvalue weighted by Crippen LogP contribution is -2.33. The standard InChI is InChI=1S/C15H23ClFN/c1-4-7-18-14(8-11(2)3)9-12-5-6-13(16)10-15(12)17/h5-6,10-11,14,18H,4,7-9H2,1-3H3. The normalized spacial score (nSPS) is 13.0. The molecule has 1 rings (SSSR count). The Morgan fingerprint density at radius 2 is 2.06 bits per heavy atom. The minimum Gasteiger partial charge on any atom is -0.314 e. The number of hydrogen-bond donors (Lipinski definition) is 1. The molecule has 0 fully saturated rings. The zero-order valence-corrected chi connectivity index (χ0v) is 12.2. The number of halogens is 2. The van der Waals surface area contributed by atoms with Crippen LogP contribution in [0.25, 0.3) is 0 Å². The Balaban J connectivity index is 2.68. The topological polar surface area (TPSA) is 12.0 Å². The first-order chi connectivity index (χ1) is 8.52. The molecule has 1 aromatic rings. The van der Waals surface area contributed by atoms with Gasteiger partial charge in [0, 0.05) is 11.1 Å². The third-order valence-electron chi connectivity index (χ3n) is 2.92. The van der Waals surface area contributed by atoms with E-state index in [1.807, 2.05) is 0 Å². The number of hydrogen-bond acceptors (Lipinski definition) is 1. The van der Waals surface area contributed by atoms with Crippen LogP contribution in [0.3, 0.4) is 0 Å². The average Bonchev–Trinajstić information content (AvgIpc) is 2.29. The second kappa shape index (κ2) is 7.75. The van der Waals surface area contributed by atoms with E-state index < -0.39 is 0 Å². The lowest BCUT2D eigenvalue weighted by atomic mass is 9.97. The van der Waals surface area contributed by atoms with Gasteiger partial charge in [-0.25, -0.2) is 4.39 Å². The molecule has 1 nitrogen and oxygen atoms in total. The van der Waals surface area contributed by atoms with E-state index in [9.17, 15) is 4.39 Å². The molecule has 18 heavy (non-hydrogen) atoms. The number of nitrogens with one attached hydrogen (secondary N) is 1. The first-order valence-electron chi connectivity index (χ1n) is 6.70. The SMILES string of the molecule is CCCNC(Cc1ccc(Cl)cc1F)CC(C)C. The molecular formula is C15H23ClFN. The van der Waals surface area contributed by atoms with Crippen molar-refractivity contribution in [3.8, 4) is 0 Å². The Hall–Kier alpha value is -0.600. The van der Waals surface area contributed by atoms with Gasteiger partial charge in [0.25, 0.3) is 0 Å². The second-order valence-corrected chi connectivity index (χ2v) is 5.66. The van der Waals surface area contributed by atoms with Crippen LogP contribution in [0.4, 0.5) is 4.39 Å². The van der Waals surface area contributed by atoms with Gasteiger partial charge in [0.15, 0.2) is 0 Å². The Bertz CT molecular complexity index is 366. The smallest absolute Gasteiger partial charge is 0.127 e. The summed E-state index contributed by atoms with van der Waals surface area (Å²) in [5.74, 6) is 0.407. The van der Waals surface area contributed by atoms with Crippen molar-refractivity contribution in [2.45, 2.75) is 46.1 Å². The Labute approximate surface area is 115 Å². The summed E-state index contributed by atoms with van der Waals surface area (Å²) in [5.41, 5.74) is 0.744. The third kappa shape index (κ3) is 5.36. The van der Waals surface area contributed by atoms with Gasteiger partial charge < -0.3 is 5.32 Å². The molecule has 0 radical (unpaired) electrons. The van der Waals surface area contributed by atoms with Crippen LogP contribution < -0.4 is 5.32 Å². The van der Waals surface area contributed by atoms with Gasteiger partial charge in [0.1, 0.15) is 5.82 Å². The molecule has 0 amide bonds. The highest BCUT2D eigenvalue weighted by molar-refractivity contribution is 6.30. The minimum absolute atomic E-state index is 0.199. The fourth-order valence-corrected chi connectivity index (χ4v) is 2.27. The van der Waals surface area contributed by atoms with E-state index in [-0.39, 0.29) is 5.82 Å². The van der Waals surface area contributed by atoms with E-state index in [2.05, 4.69) is 26.1 Å². The molecule has 0 aromatic heterocycles. The number of rotatable bonds is 7. The second-order valence-electron chi connectivity index (χ2n) is 5.22. The molecule has 0 bridgehead atoms. The third-order valence-corrected chi connectivity index (χ3v) is 3.16. The van der Waals surface area contributed by atoms with Crippen molar-refractivity contribution in [3.05, 3.63) is 34.6 Å². The van der Waals surface area contributed by atoms with Crippen molar-refractivity contribution >= 4 is 11.6 Å². The largest absolute Gasteiger partial charge is 0.314 e. The molecule has 0 spiro atoms. The molecule has 0 saturated heterocycles. The van der Waals surface area contributed by atoms with Crippen LogP contribution in [0.5, 0.6) is 0 Å². The predicted octanol–water partition coefficient (Wildman–Crippen LogP) is 4.44. The minimum atomic E-state index is -0.199. The molecule has 3 heteroatoms. The summed E-state index contributed by atoms with van der Waals surface area (Å²) < 4.78 is 13.8. The Kier molecular flexibility index (Phi) is 6.66. The van der Waals surface area contributed by atoms with Gasteiger partial charge in [-0.05, 0) is 49.4 Å². The van der Waals surface area contributed by atoms with Crippen LogP contribution in [0, 0.1) is 11.7 Å². The van der Waals surface area contributed by atoms with Gasteiger partial charge in [0.2, 0.25) is 0 Å². The highest BCUT2D eigenvalue weighted by Gasteiger charge is 2.13. The van der Waals surface area contributed by atoms with Crippen LogP contribution in [0.15, 0.2) is 18.2 Å². The molecule has 0 heterocycles. The summed E-state index contributed by atoms with van der Waals surface area (Å²) in [4.78, 5) is 0. The van der Waals surface area contributed by atoms with Gasteiger partial charge in [0.05, 0.1) is 0 Å². The lowest BCUT2D eigenvalue weighted by Gasteiger charge is -2.21. The van der Waals surface area contributed by atoms with E-state index >= 15 is 0 Å². The molecule has 0 saturated carbocycles. The van der Waals surface area contributed by atoms with E-state index in [1.165, 1.54) is 6.07 Å². The van der Waals surface area contributed by atoms with Crippen molar-refractivity contribution in [1.82, 2.24) is 5.32 Å². The maximum Gasteiger partial charge on any atom is 0.127 e. The van der Waals surface area contributed by atoms with Gasteiger partial charge in [-0.15, -0.1) is 0 Å². The molecule has 0 aliphatic carbocycles. The maximum absolute atomic E-state index is 13.8. The number of benzene rings is 1. The van der Waals surface area contributed by atoms with Gasteiger partial charge in [-0.1, -0.05) is 38.4 Å². The summed E-state index contributed by atoms with van der Waals surface area (Å²) in [7, 11) is 0. The first kappa shape index (κ1) is 15.5. The lowest BCUT2D eigenvalue weighted by molar-refractivity contribution is 0.411. The molecule has 1 atom stereocenters. The maximum atomic E-state index is 13.8. The van der Waals surface area contributed by atoms with E-state index in [0.29, 0.717) is 17.0 Å².